The van der Waals surface area contributed by atoms with Crippen LogP contribution in [0.1, 0.15) is 5.82 Å². The van der Waals surface area contributed by atoms with Gasteiger partial charge in [0.05, 0.1) is 6.26 Å². The van der Waals surface area contributed by atoms with E-state index < -0.39 is 0 Å². The van der Waals surface area contributed by atoms with Crippen LogP contribution in [0.25, 0.3) is 11.5 Å². The summed E-state index contributed by atoms with van der Waals surface area (Å²) in [5.41, 5.74) is 6.29. The standard InChI is InChI=1S/C9H9N3O/c1-6-11-7(5-9(10)12-6)8-3-2-4-13-8/h2-5H,1H3,(H2,10,11,12). The molecule has 2 heterocycles. The van der Waals surface area contributed by atoms with Gasteiger partial charge in [0, 0.05) is 6.07 Å². The molecule has 66 valence electrons. The number of hydrogen-bond acceptors (Lipinski definition) is 4. The van der Waals surface area contributed by atoms with Crippen LogP contribution in [0, 0.1) is 6.92 Å². The number of aromatic nitrogens is 2. The molecule has 4 heteroatoms. The third-order valence-corrected chi connectivity index (χ3v) is 1.63. The second-order valence-corrected chi connectivity index (χ2v) is 2.70. The molecule has 0 amide bonds. The number of nitrogens with zero attached hydrogens (tertiary/aromatic N) is 2. The molecule has 0 aliphatic carbocycles. The molecular weight excluding hydrogens is 166 g/mol. The van der Waals surface area contributed by atoms with Crippen molar-refractivity contribution >= 4 is 5.82 Å². The zero-order valence-electron chi connectivity index (χ0n) is 7.19. The molecule has 0 fully saturated rings. The maximum atomic E-state index is 5.57. The van der Waals surface area contributed by atoms with E-state index in [4.69, 9.17) is 10.2 Å². The fraction of sp³-hybridized carbons (Fsp3) is 0.111. The third-order valence-electron chi connectivity index (χ3n) is 1.63. The van der Waals surface area contributed by atoms with Crippen molar-refractivity contribution in [2.24, 2.45) is 0 Å². The van der Waals surface area contributed by atoms with Crippen LogP contribution in [0.15, 0.2) is 28.9 Å². The molecule has 4 nitrogen and oxygen atoms in total. The van der Waals surface area contributed by atoms with Gasteiger partial charge >= 0.3 is 0 Å². The van der Waals surface area contributed by atoms with Crippen molar-refractivity contribution in [3.05, 3.63) is 30.3 Å². The Hall–Kier alpha value is -1.84. The summed E-state index contributed by atoms with van der Waals surface area (Å²) in [7, 11) is 0. The quantitative estimate of drug-likeness (QED) is 0.715. The summed E-state index contributed by atoms with van der Waals surface area (Å²) in [6.07, 6.45) is 1.60. The highest BCUT2D eigenvalue weighted by molar-refractivity contribution is 5.55. The molecule has 0 saturated carbocycles. The molecule has 0 bridgehead atoms. The average molecular weight is 175 g/mol. The van der Waals surface area contributed by atoms with E-state index in [2.05, 4.69) is 9.97 Å². The topological polar surface area (TPSA) is 64.9 Å². The van der Waals surface area contributed by atoms with Gasteiger partial charge in [0.2, 0.25) is 0 Å². The number of furan rings is 1. The molecule has 2 N–H and O–H groups in total. The van der Waals surface area contributed by atoms with Crippen molar-refractivity contribution in [2.45, 2.75) is 6.92 Å². The van der Waals surface area contributed by atoms with E-state index in [1.807, 2.05) is 12.1 Å². The van der Waals surface area contributed by atoms with Crippen molar-refractivity contribution in [1.82, 2.24) is 9.97 Å². The molecule has 2 rings (SSSR count). The Balaban J connectivity index is 2.53. The molecule has 0 saturated heterocycles. The fourth-order valence-electron chi connectivity index (χ4n) is 1.14. The first kappa shape index (κ1) is 7.79. The van der Waals surface area contributed by atoms with Crippen molar-refractivity contribution in [3.8, 4) is 11.5 Å². The van der Waals surface area contributed by atoms with Crippen LogP contribution in [0.2, 0.25) is 0 Å². The third kappa shape index (κ3) is 1.51. The fourth-order valence-corrected chi connectivity index (χ4v) is 1.14. The van der Waals surface area contributed by atoms with Gasteiger partial charge in [-0.3, -0.25) is 0 Å². The average Bonchev–Trinajstić information content (AvgIpc) is 2.53. The molecule has 2 aromatic rings. The van der Waals surface area contributed by atoms with E-state index in [-0.39, 0.29) is 0 Å². The number of hydrogen-bond donors (Lipinski definition) is 1. The minimum absolute atomic E-state index is 0.457. The maximum Gasteiger partial charge on any atom is 0.152 e. The van der Waals surface area contributed by atoms with Gasteiger partial charge < -0.3 is 10.2 Å². The summed E-state index contributed by atoms with van der Waals surface area (Å²) in [6.45, 7) is 1.79. The zero-order chi connectivity index (χ0) is 9.26. The smallest absolute Gasteiger partial charge is 0.152 e. The van der Waals surface area contributed by atoms with Gasteiger partial charge in [-0.15, -0.1) is 0 Å². The van der Waals surface area contributed by atoms with Crippen LogP contribution >= 0.6 is 0 Å². The van der Waals surface area contributed by atoms with Crippen LogP contribution in [-0.2, 0) is 0 Å². The number of anilines is 1. The van der Waals surface area contributed by atoms with Crippen LogP contribution in [0.4, 0.5) is 5.82 Å². The Morgan fingerprint density at radius 2 is 2.23 bits per heavy atom. The summed E-state index contributed by atoms with van der Waals surface area (Å²) in [5, 5.41) is 0. The first-order valence-corrected chi connectivity index (χ1v) is 3.91. The maximum absolute atomic E-state index is 5.57. The molecule has 0 aromatic carbocycles. The zero-order valence-corrected chi connectivity index (χ0v) is 7.19. The van der Waals surface area contributed by atoms with Gasteiger partial charge in [0.15, 0.2) is 5.76 Å². The molecule has 0 unspecified atom stereocenters. The van der Waals surface area contributed by atoms with Crippen molar-refractivity contribution < 1.29 is 4.42 Å². The van der Waals surface area contributed by atoms with Crippen molar-refractivity contribution in [1.29, 1.82) is 0 Å². The predicted molar refractivity (Wildman–Crippen MR) is 48.9 cm³/mol. The van der Waals surface area contributed by atoms with E-state index in [1.54, 1.807) is 19.3 Å². The van der Waals surface area contributed by atoms with Gasteiger partial charge in [0.25, 0.3) is 0 Å². The summed E-state index contributed by atoms with van der Waals surface area (Å²) in [6, 6.07) is 5.33. The summed E-state index contributed by atoms with van der Waals surface area (Å²) in [4.78, 5) is 8.16. The molecule has 2 aromatic heterocycles. The largest absolute Gasteiger partial charge is 0.463 e. The molecule has 0 aliphatic rings. The highest BCUT2D eigenvalue weighted by Gasteiger charge is 2.03. The minimum Gasteiger partial charge on any atom is -0.463 e. The number of nitrogens with two attached hydrogens (primary N) is 1. The van der Waals surface area contributed by atoms with E-state index in [0.717, 1.165) is 5.69 Å². The molecule has 0 aliphatic heterocycles. The minimum atomic E-state index is 0.457. The highest BCUT2D eigenvalue weighted by Crippen LogP contribution is 2.18. The summed E-state index contributed by atoms with van der Waals surface area (Å²) in [5.74, 6) is 1.81. The summed E-state index contributed by atoms with van der Waals surface area (Å²) >= 11 is 0. The number of rotatable bonds is 1. The molecule has 0 spiro atoms. The number of nitrogen functional groups attached to an aromatic ring is 1. The van der Waals surface area contributed by atoms with Crippen LogP contribution in [0.3, 0.4) is 0 Å². The van der Waals surface area contributed by atoms with Gasteiger partial charge in [-0.1, -0.05) is 0 Å². The first-order chi connectivity index (χ1) is 6.25. The lowest BCUT2D eigenvalue weighted by atomic mass is 10.3. The second-order valence-electron chi connectivity index (χ2n) is 2.70. The van der Waals surface area contributed by atoms with Gasteiger partial charge in [-0.2, -0.15) is 0 Å². The van der Waals surface area contributed by atoms with Gasteiger partial charge in [-0.05, 0) is 19.1 Å². The van der Waals surface area contributed by atoms with E-state index in [0.29, 0.717) is 17.4 Å². The van der Waals surface area contributed by atoms with Crippen molar-refractivity contribution in [2.75, 3.05) is 5.73 Å². The lowest BCUT2D eigenvalue weighted by molar-refractivity contribution is 0.579. The van der Waals surface area contributed by atoms with Crippen LogP contribution < -0.4 is 5.73 Å². The van der Waals surface area contributed by atoms with Gasteiger partial charge in [0.1, 0.15) is 17.3 Å². The lowest BCUT2D eigenvalue weighted by Gasteiger charge is -1.99. The molecule has 0 radical (unpaired) electrons. The normalized spacial score (nSPS) is 10.2. The Morgan fingerprint density at radius 1 is 1.38 bits per heavy atom. The predicted octanol–water partition coefficient (Wildman–Crippen LogP) is 1.63. The number of aryl methyl sites for hydroxylation is 1. The highest BCUT2D eigenvalue weighted by atomic mass is 16.3. The van der Waals surface area contributed by atoms with E-state index in [9.17, 15) is 0 Å². The van der Waals surface area contributed by atoms with E-state index >= 15 is 0 Å². The van der Waals surface area contributed by atoms with Crippen molar-refractivity contribution in [3.63, 3.8) is 0 Å². The lowest BCUT2D eigenvalue weighted by Crippen LogP contribution is -1.96. The molecular formula is C9H9N3O. The van der Waals surface area contributed by atoms with Crippen LogP contribution in [-0.4, -0.2) is 9.97 Å². The molecule has 0 atom stereocenters. The van der Waals surface area contributed by atoms with E-state index in [1.165, 1.54) is 0 Å². The SMILES string of the molecule is Cc1nc(N)cc(-c2ccco2)n1. The Morgan fingerprint density at radius 3 is 2.85 bits per heavy atom. The second kappa shape index (κ2) is 2.90. The first-order valence-electron chi connectivity index (χ1n) is 3.91. The van der Waals surface area contributed by atoms with Gasteiger partial charge in [-0.25, -0.2) is 9.97 Å². The Labute approximate surface area is 75.4 Å². The van der Waals surface area contributed by atoms with Crippen LogP contribution in [0.5, 0.6) is 0 Å². The Bertz CT molecular complexity index is 389. The monoisotopic (exact) mass is 175 g/mol. The molecule has 13 heavy (non-hydrogen) atoms. The Kier molecular flexibility index (Phi) is 1.73. The summed E-state index contributed by atoms with van der Waals surface area (Å²) < 4.78 is 5.18.